The smallest absolute Gasteiger partial charge is 0.255 e. The van der Waals surface area contributed by atoms with E-state index in [1.54, 1.807) is 6.07 Å². The molecule has 0 heterocycles. The summed E-state index contributed by atoms with van der Waals surface area (Å²) in [6.07, 6.45) is 2.82. The summed E-state index contributed by atoms with van der Waals surface area (Å²) in [5, 5.41) is 43.1. The maximum atomic E-state index is 13.4. The molecule has 8 nitrogen and oxygen atoms in total. The van der Waals surface area contributed by atoms with Gasteiger partial charge in [-0.2, -0.15) is 0 Å². The van der Waals surface area contributed by atoms with Crippen LogP contribution in [0.25, 0.3) is 5.76 Å². The number of phenols is 1. The van der Waals surface area contributed by atoms with Crippen molar-refractivity contribution in [3.05, 3.63) is 45.7 Å². The topological polar surface area (TPSA) is 158 Å². The molecule has 0 aromatic heterocycles. The predicted octanol–water partition coefficient (Wildman–Crippen LogP) is 1.77. The number of ketones is 2. The van der Waals surface area contributed by atoms with Gasteiger partial charge >= 0.3 is 0 Å². The lowest BCUT2D eigenvalue weighted by atomic mass is 9.59. The van der Waals surface area contributed by atoms with E-state index >= 15 is 0 Å². The molecular weight excluding hydrogens is 402 g/mol. The van der Waals surface area contributed by atoms with Gasteiger partial charge in [-0.1, -0.05) is 19.4 Å². The molecule has 4 rings (SSSR count). The molecule has 1 saturated carbocycles. The van der Waals surface area contributed by atoms with Crippen molar-refractivity contribution in [1.29, 1.82) is 0 Å². The molecule has 3 aliphatic rings. The van der Waals surface area contributed by atoms with E-state index in [0.29, 0.717) is 6.42 Å². The van der Waals surface area contributed by atoms with E-state index in [-0.39, 0.29) is 29.7 Å². The van der Waals surface area contributed by atoms with Gasteiger partial charge in [0.2, 0.25) is 5.78 Å². The highest BCUT2D eigenvalue weighted by molar-refractivity contribution is 6.22. The number of aryl methyl sites for hydroxylation is 1. The number of carbonyl (C=O) groups excluding carboxylic acids is 3. The van der Waals surface area contributed by atoms with E-state index < -0.39 is 52.0 Å². The molecule has 6 N–H and O–H groups in total. The molecule has 0 radical (unpaired) electrons. The minimum atomic E-state index is -2.52. The van der Waals surface area contributed by atoms with Crippen molar-refractivity contribution in [2.75, 3.05) is 0 Å². The number of aromatic hydroxyl groups is 1. The van der Waals surface area contributed by atoms with Crippen LogP contribution in [0.1, 0.15) is 49.3 Å². The second-order valence-electron chi connectivity index (χ2n) is 8.61. The third-order valence-corrected chi connectivity index (χ3v) is 6.84. The SMILES string of the molecule is CCCCc1ccc(O)c2c1CC1CC3CC(=O)C(C(N)=O)=C(O)[C@@]3(O)C(=O)C1=C2O. The number of aliphatic hydroxyl groups excluding tert-OH is 2. The van der Waals surface area contributed by atoms with Crippen molar-refractivity contribution < 1.29 is 34.8 Å². The Kier molecular flexibility index (Phi) is 4.93. The van der Waals surface area contributed by atoms with Crippen LogP contribution >= 0.6 is 0 Å². The predicted molar refractivity (Wildman–Crippen MR) is 110 cm³/mol. The number of primary amides is 1. The lowest BCUT2D eigenvalue weighted by molar-refractivity contribution is -0.147. The van der Waals surface area contributed by atoms with Crippen molar-refractivity contribution in [3.8, 4) is 5.75 Å². The highest BCUT2D eigenvalue weighted by Crippen LogP contribution is 2.52. The van der Waals surface area contributed by atoms with Gasteiger partial charge in [0, 0.05) is 17.9 Å². The van der Waals surface area contributed by atoms with Gasteiger partial charge in [0.25, 0.3) is 5.91 Å². The standard InChI is InChI=1S/C23H25NO7/c1-2-3-4-10-5-6-14(25)17-13(10)8-11-7-12-9-15(26)18(22(24)30)21(29)23(12,31)20(28)16(11)19(17)27/h5-6,11-12,25,27,29,31H,2-4,7-9H2,1H3,(H2,24,30)/t11?,12?,23-/m0/s1. The van der Waals surface area contributed by atoms with Gasteiger partial charge in [0.05, 0.1) is 5.56 Å². The van der Waals surface area contributed by atoms with Gasteiger partial charge in [-0.3, -0.25) is 14.4 Å². The molecule has 1 amide bonds. The van der Waals surface area contributed by atoms with E-state index in [1.165, 1.54) is 6.07 Å². The first-order valence-electron chi connectivity index (χ1n) is 10.4. The number of hydrogen-bond acceptors (Lipinski definition) is 7. The first kappa shape index (κ1) is 21.1. The Morgan fingerprint density at radius 2 is 1.90 bits per heavy atom. The molecular formula is C23H25NO7. The summed E-state index contributed by atoms with van der Waals surface area (Å²) >= 11 is 0. The zero-order chi connectivity index (χ0) is 22.7. The maximum absolute atomic E-state index is 13.4. The number of amides is 1. The van der Waals surface area contributed by atoms with E-state index in [1.807, 2.05) is 0 Å². The summed E-state index contributed by atoms with van der Waals surface area (Å²) in [6.45, 7) is 2.06. The van der Waals surface area contributed by atoms with Crippen molar-refractivity contribution in [2.45, 2.75) is 51.0 Å². The van der Waals surface area contributed by atoms with Crippen LogP contribution < -0.4 is 5.73 Å². The van der Waals surface area contributed by atoms with Crippen LogP contribution in [0.3, 0.4) is 0 Å². The normalized spacial score (nSPS) is 27.7. The summed E-state index contributed by atoms with van der Waals surface area (Å²) < 4.78 is 0. The number of Topliss-reactive ketones (excluding diaryl/α,β-unsaturated/α-hetero) is 2. The fourth-order valence-corrected chi connectivity index (χ4v) is 5.29. The van der Waals surface area contributed by atoms with E-state index in [9.17, 15) is 34.8 Å². The Labute approximate surface area is 178 Å². The third kappa shape index (κ3) is 2.89. The van der Waals surface area contributed by atoms with Gasteiger partial charge in [-0.15, -0.1) is 0 Å². The van der Waals surface area contributed by atoms with Crippen LogP contribution in [-0.2, 0) is 27.2 Å². The Morgan fingerprint density at radius 3 is 2.55 bits per heavy atom. The van der Waals surface area contributed by atoms with Gasteiger partial charge in [-0.05, 0) is 48.8 Å². The molecule has 0 aliphatic heterocycles. The summed E-state index contributed by atoms with van der Waals surface area (Å²) in [6, 6.07) is 3.27. The quantitative estimate of drug-likeness (QED) is 0.458. The number of nitrogens with two attached hydrogens (primary N) is 1. The van der Waals surface area contributed by atoms with Gasteiger partial charge in [0.1, 0.15) is 22.8 Å². The second-order valence-corrected chi connectivity index (χ2v) is 8.61. The van der Waals surface area contributed by atoms with Crippen LogP contribution in [0.2, 0.25) is 0 Å². The molecule has 8 heteroatoms. The zero-order valence-corrected chi connectivity index (χ0v) is 17.1. The van der Waals surface area contributed by atoms with Gasteiger partial charge in [-0.25, -0.2) is 0 Å². The molecule has 0 saturated heterocycles. The number of phenolic OH excluding ortho intramolecular Hbond substituents is 1. The van der Waals surface area contributed by atoms with Crippen molar-refractivity contribution >= 4 is 23.2 Å². The third-order valence-electron chi connectivity index (χ3n) is 6.84. The molecule has 2 unspecified atom stereocenters. The summed E-state index contributed by atoms with van der Waals surface area (Å²) in [5.41, 5.74) is 3.62. The van der Waals surface area contributed by atoms with Crippen LogP contribution in [0, 0.1) is 11.8 Å². The minimum absolute atomic E-state index is 0.112. The van der Waals surface area contributed by atoms with E-state index in [2.05, 4.69) is 6.92 Å². The fraction of sp³-hybridized carbons (Fsp3) is 0.435. The fourth-order valence-electron chi connectivity index (χ4n) is 5.29. The average molecular weight is 427 g/mol. The largest absolute Gasteiger partial charge is 0.508 e. The van der Waals surface area contributed by atoms with Crippen molar-refractivity contribution in [1.82, 2.24) is 0 Å². The number of carbonyl (C=O) groups is 3. The molecule has 31 heavy (non-hydrogen) atoms. The summed E-state index contributed by atoms with van der Waals surface area (Å²) in [4.78, 5) is 37.4. The average Bonchev–Trinajstić information content (AvgIpc) is 2.70. The molecule has 0 spiro atoms. The molecule has 3 aliphatic carbocycles. The van der Waals surface area contributed by atoms with Gasteiger partial charge in [0.15, 0.2) is 11.4 Å². The number of benzene rings is 1. The molecule has 1 aromatic carbocycles. The Bertz CT molecular complexity index is 1080. The zero-order valence-electron chi connectivity index (χ0n) is 17.1. The highest BCUT2D eigenvalue weighted by Gasteiger charge is 2.60. The lowest BCUT2D eigenvalue weighted by Crippen LogP contribution is -2.58. The minimum Gasteiger partial charge on any atom is -0.508 e. The Morgan fingerprint density at radius 1 is 1.19 bits per heavy atom. The number of hydrogen-bond donors (Lipinski definition) is 5. The van der Waals surface area contributed by atoms with Crippen LogP contribution in [0.4, 0.5) is 0 Å². The van der Waals surface area contributed by atoms with E-state index in [4.69, 9.17) is 5.73 Å². The number of fused-ring (bicyclic) bond motifs is 3. The first-order valence-corrected chi connectivity index (χ1v) is 10.4. The maximum Gasteiger partial charge on any atom is 0.255 e. The highest BCUT2D eigenvalue weighted by atomic mass is 16.3. The number of aliphatic hydroxyl groups is 3. The monoisotopic (exact) mass is 427 g/mol. The van der Waals surface area contributed by atoms with Gasteiger partial charge < -0.3 is 26.2 Å². The Hall–Kier alpha value is -3.13. The van der Waals surface area contributed by atoms with E-state index in [0.717, 1.165) is 30.4 Å². The first-order chi connectivity index (χ1) is 14.6. The van der Waals surface area contributed by atoms with Crippen LogP contribution in [0.15, 0.2) is 29.0 Å². The molecule has 0 bridgehead atoms. The molecule has 1 fully saturated rings. The number of unbranched alkanes of at least 4 members (excludes halogenated alkanes) is 1. The Balaban J connectivity index is 1.89. The van der Waals surface area contributed by atoms with Crippen LogP contribution in [0.5, 0.6) is 5.75 Å². The molecule has 164 valence electrons. The lowest BCUT2D eigenvalue weighted by Gasteiger charge is -2.46. The number of rotatable bonds is 4. The van der Waals surface area contributed by atoms with Crippen LogP contribution in [-0.4, -0.2) is 43.5 Å². The molecule has 1 aromatic rings. The summed E-state index contributed by atoms with van der Waals surface area (Å²) in [5.74, 6) is -6.05. The second kappa shape index (κ2) is 7.23. The molecule has 3 atom stereocenters. The van der Waals surface area contributed by atoms with Crippen molar-refractivity contribution in [2.24, 2.45) is 17.6 Å². The van der Waals surface area contributed by atoms with Crippen molar-refractivity contribution in [3.63, 3.8) is 0 Å². The summed E-state index contributed by atoms with van der Waals surface area (Å²) in [7, 11) is 0.